The molecule has 0 aromatic rings. The van der Waals surface area contributed by atoms with E-state index in [2.05, 4.69) is 39.7 Å². The van der Waals surface area contributed by atoms with E-state index in [1.807, 2.05) is 20.8 Å². The molecule has 7 nitrogen and oxygen atoms in total. The van der Waals surface area contributed by atoms with E-state index in [1.54, 1.807) is 7.05 Å². The second-order valence-electron chi connectivity index (χ2n) is 8.18. The van der Waals surface area contributed by atoms with Gasteiger partial charge in [-0.05, 0) is 26.7 Å². The summed E-state index contributed by atoms with van der Waals surface area (Å²) in [6.45, 7) is 15.1. The molecule has 152 valence electrons. The first-order valence-corrected chi connectivity index (χ1v) is 9.81. The highest BCUT2D eigenvalue weighted by Gasteiger charge is 2.21. The van der Waals surface area contributed by atoms with Gasteiger partial charge in [0.05, 0.1) is 12.7 Å². The highest BCUT2D eigenvalue weighted by Crippen LogP contribution is 2.12. The average Bonchev–Trinajstić information content (AvgIpc) is 2.57. The van der Waals surface area contributed by atoms with E-state index in [0.717, 1.165) is 45.0 Å². The van der Waals surface area contributed by atoms with Gasteiger partial charge in [-0.2, -0.15) is 0 Å². The molecule has 26 heavy (non-hydrogen) atoms. The topological polar surface area (TPSA) is 78.0 Å². The van der Waals surface area contributed by atoms with Gasteiger partial charge in [-0.3, -0.25) is 9.79 Å². The number of ether oxygens (including phenoxy) is 1. The summed E-state index contributed by atoms with van der Waals surface area (Å²) < 4.78 is 5.63. The quantitative estimate of drug-likeness (QED) is 0.340. The van der Waals surface area contributed by atoms with Crippen molar-refractivity contribution in [2.45, 2.75) is 59.6 Å². The number of nitrogens with one attached hydrogen (secondary N) is 3. The zero-order valence-corrected chi connectivity index (χ0v) is 17.5. The number of nitrogens with zero attached hydrogens (tertiary/aromatic N) is 2. The summed E-state index contributed by atoms with van der Waals surface area (Å²) in [4.78, 5) is 18.6. The molecule has 0 bridgehead atoms. The molecule has 0 saturated carbocycles. The first kappa shape index (κ1) is 22.7. The Hall–Kier alpha value is -1.34. The third-order valence-electron chi connectivity index (χ3n) is 4.39. The Morgan fingerprint density at radius 3 is 2.35 bits per heavy atom. The van der Waals surface area contributed by atoms with Gasteiger partial charge in [0.2, 0.25) is 5.91 Å². The lowest BCUT2D eigenvalue weighted by molar-refractivity contribution is -0.128. The van der Waals surface area contributed by atoms with Gasteiger partial charge in [0.1, 0.15) is 0 Å². The Bertz CT molecular complexity index is 438. The standard InChI is InChI=1S/C19H39N5O2/c1-15(2)26-14-13-24-11-7-16(8-12-24)23-18(20-6)22-10-9-21-17(25)19(3,4)5/h15-16H,7-14H2,1-6H3,(H,21,25)(H2,20,22,23). The van der Waals surface area contributed by atoms with Gasteiger partial charge >= 0.3 is 0 Å². The Kier molecular flexibility index (Phi) is 9.94. The fourth-order valence-corrected chi connectivity index (χ4v) is 2.73. The first-order chi connectivity index (χ1) is 12.2. The fraction of sp³-hybridized carbons (Fsp3) is 0.895. The minimum absolute atomic E-state index is 0.0658. The average molecular weight is 370 g/mol. The number of piperidine rings is 1. The molecule has 1 fully saturated rings. The molecule has 7 heteroatoms. The number of carbonyl (C=O) groups excluding carboxylic acids is 1. The number of carbonyl (C=O) groups is 1. The van der Waals surface area contributed by atoms with Crippen molar-refractivity contribution >= 4 is 11.9 Å². The zero-order chi connectivity index (χ0) is 19.6. The van der Waals surface area contributed by atoms with Crippen LogP contribution in [0.3, 0.4) is 0 Å². The smallest absolute Gasteiger partial charge is 0.225 e. The molecule has 1 rings (SSSR count). The van der Waals surface area contributed by atoms with Crippen molar-refractivity contribution in [3.63, 3.8) is 0 Å². The van der Waals surface area contributed by atoms with Gasteiger partial charge in [0.15, 0.2) is 5.96 Å². The first-order valence-electron chi connectivity index (χ1n) is 9.81. The lowest BCUT2D eigenvalue weighted by Crippen LogP contribution is -2.50. The summed E-state index contributed by atoms with van der Waals surface area (Å²) in [6, 6.07) is 0.438. The molecule has 1 amide bonds. The Balaban J connectivity index is 2.19. The van der Waals surface area contributed by atoms with Gasteiger partial charge in [-0.15, -0.1) is 0 Å². The van der Waals surface area contributed by atoms with Crippen LogP contribution in [0.5, 0.6) is 0 Å². The lowest BCUT2D eigenvalue weighted by atomic mass is 9.96. The Morgan fingerprint density at radius 1 is 1.19 bits per heavy atom. The lowest BCUT2D eigenvalue weighted by Gasteiger charge is -2.33. The molecular weight excluding hydrogens is 330 g/mol. The minimum Gasteiger partial charge on any atom is -0.377 e. The van der Waals surface area contributed by atoms with Crippen molar-refractivity contribution in [1.29, 1.82) is 0 Å². The number of guanidine groups is 1. The molecule has 0 aromatic carbocycles. The van der Waals surface area contributed by atoms with Crippen LogP contribution in [0, 0.1) is 5.41 Å². The largest absolute Gasteiger partial charge is 0.377 e. The second kappa shape index (κ2) is 11.4. The molecule has 1 aliphatic heterocycles. The predicted octanol–water partition coefficient (Wildman–Crippen LogP) is 1.20. The van der Waals surface area contributed by atoms with Crippen LogP contribution in [-0.4, -0.2) is 75.3 Å². The van der Waals surface area contributed by atoms with Crippen LogP contribution in [0.1, 0.15) is 47.5 Å². The summed E-state index contributed by atoms with van der Waals surface area (Å²) in [5.74, 6) is 0.868. The summed E-state index contributed by atoms with van der Waals surface area (Å²) in [6.07, 6.45) is 2.50. The maximum Gasteiger partial charge on any atom is 0.225 e. The van der Waals surface area contributed by atoms with E-state index in [4.69, 9.17) is 4.74 Å². The van der Waals surface area contributed by atoms with Crippen molar-refractivity contribution in [2.24, 2.45) is 10.4 Å². The van der Waals surface area contributed by atoms with E-state index in [1.165, 1.54) is 0 Å². The van der Waals surface area contributed by atoms with Crippen molar-refractivity contribution in [3.8, 4) is 0 Å². The maximum absolute atomic E-state index is 11.8. The number of hydrogen-bond donors (Lipinski definition) is 3. The SMILES string of the molecule is CN=C(NCCNC(=O)C(C)(C)C)NC1CCN(CCOC(C)C)CC1. The molecule has 0 aromatic heterocycles. The molecule has 0 atom stereocenters. The van der Waals surface area contributed by atoms with Crippen molar-refractivity contribution in [1.82, 2.24) is 20.9 Å². The van der Waals surface area contributed by atoms with Crippen LogP contribution >= 0.6 is 0 Å². The predicted molar refractivity (Wildman–Crippen MR) is 108 cm³/mol. The number of likely N-dealkylation sites (tertiary alicyclic amines) is 1. The van der Waals surface area contributed by atoms with Crippen molar-refractivity contribution < 1.29 is 9.53 Å². The third-order valence-corrected chi connectivity index (χ3v) is 4.39. The monoisotopic (exact) mass is 369 g/mol. The summed E-state index contributed by atoms with van der Waals surface area (Å²) in [5.41, 5.74) is -0.353. The number of hydrogen-bond acceptors (Lipinski definition) is 4. The van der Waals surface area contributed by atoms with E-state index in [0.29, 0.717) is 25.2 Å². The summed E-state index contributed by atoms with van der Waals surface area (Å²) in [7, 11) is 1.78. The van der Waals surface area contributed by atoms with E-state index < -0.39 is 0 Å². The minimum atomic E-state index is -0.353. The van der Waals surface area contributed by atoms with Gasteiger partial charge in [0.25, 0.3) is 0 Å². The molecule has 1 heterocycles. The van der Waals surface area contributed by atoms with Crippen molar-refractivity contribution in [3.05, 3.63) is 0 Å². The second-order valence-corrected chi connectivity index (χ2v) is 8.18. The highest BCUT2D eigenvalue weighted by molar-refractivity contribution is 5.82. The number of amides is 1. The highest BCUT2D eigenvalue weighted by atomic mass is 16.5. The molecule has 1 aliphatic rings. The van der Waals surface area contributed by atoms with E-state index in [-0.39, 0.29) is 11.3 Å². The van der Waals surface area contributed by atoms with E-state index >= 15 is 0 Å². The van der Waals surface area contributed by atoms with Gasteiger partial charge in [-0.1, -0.05) is 20.8 Å². The third kappa shape index (κ3) is 9.38. The molecule has 1 saturated heterocycles. The van der Waals surface area contributed by atoms with Crippen LogP contribution < -0.4 is 16.0 Å². The number of rotatable bonds is 8. The van der Waals surface area contributed by atoms with Crippen molar-refractivity contribution in [2.75, 3.05) is 46.4 Å². The molecule has 3 N–H and O–H groups in total. The summed E-state index contributed by atoms with van der Waals surface area (Å²) >= 11 is 0. The van der Waals surface area contributed by atoms with Crippen LogP contribution in [0.25, 0.3) is 0 Å². The van der Waals surface area contributed by atoms with Gasteiger partial charge in [0, 0.05) is 51.2 Å². The zero-order valence-electron chi connectivity index (χ0n) is 17.5. The van der Waals surface area contributed by atoms with Gasteiger partial charge < -0.3 is 25.6 Å². The van der Waals surface area contributed by atoms with Crippen LogP contribution in [0.15, 0.2) is 4.99 Å². The van der Waals surface area contributed by atoms with Crippen LogP contribution in [0.4, 0.5) is 0 Å². The summed E-state index contributed by atoms with van der Waals surface area (Å²) in [5, 5.41) is 9.70. The van der Waals surface area contributed by atoms with Crippen LogP contribution in [0.2, 0.25) is 0 Å². The molecule has 0 spiro atoms. The van der Waals surface area contributed by atoms with Crippen LogP contribution in [-0.2, 0) is 9.53 Å². The molecular formula is C19H39N5O2. The number of aliphatic imine (C=N–C) groups is 1. The maximum atomic E-state index is 11.8. The normalized spacial score (nSPS) is 17.4. The molecule has 0 aliphatic carbocycles. The molecule has 0 unspecified atom stereocenters. The van der Waals surface area contributed by atoms with Gasteiger partial charge in [-0.25, -0.2) is 0 Å². The molecule has 0 radical (unpaired) electrons. The fourth-order valence-electron chi connectivity index (χ4n) is 2.73. The Morgan fingerprint density at radius 2 is 1.81 bits per heavy atom. The van der Waals surface area contributed by atoms with E-state index in [9.17, 15) is 4.79 Å². The Labute approximate surface area is 159 Å².